The molecule has 0 atom stereocenters. The van der Waals surface area contributed by atoms with Crippen LogP contribution < -0.4 is 5.32 Å². The summed E-state index contributed by atoms with van der Waals surface area (Å²) in [5.74, 6) is 0.783. The molecule has 0 saturated heterocycles. The predicted molar refractivity (Wildman–Crippen MR) is 57.3 cm³/mol. The third-order valence-corrected chi connectivity index (χ3v) is 2.99. The normalized spacial score (nSPS) is 16.4. The SMILES string of the molecule is CC(C)(C(=O)NCC1CC1)c1ccn[nH]1. The summed E-state index contributed by atoms with van der Waals surface area (Å²) in [5.41, 5.74) is 0.335. The Balaban J connectivity index is 1.97. The molecule has 0 aliphatic heterocycles. The summed E-state index contributed by atoms with van der Waals surface area (Å²) >= 11 is 0. The first-order chi connectivity index (χ1) is 7.10. The number of amides is 1. The molecule has 0 bridgehead atoms. The molecule has 2 N–H and O–H groups in total. The number of hydrogen-bond donors (Lipinski definition) is 2. The molecule has 1 aliphatic rings. The zero-order valence-electron chi connectivity index (χ0n) is 9.21. The summed E-state index contributed by atoms with van der Waals surface area (Å²) in [5, 5.41) is 9.71. The average molecular weight is 207 g/mol. The van der Waals surface area contributed by atoms with Crippen LogP contribution in [0.15, 0.2) is 12.3 Å². The lowest BCUT2D eigenvalue weighted by molar-refractivity contribution is -0.125. The minimum atomic E-state index is -0.522. The van der Waals surface area contributed by atoms with Gasteiger partial charge in [-0.25, -0.2) is 0 Å². The van der Waals surface area contributed by atoms with Gasteiger partial charge in [0, 0.05) is 12.7 Å². The smallest absolute Gasteiger partial charge is 0.231 e. The first-order valence-electron chi connectivity index (χ1n) is 5.39. The Morgan fingerprint density at radius 3 is 2.93 bits per heavy atom. The summed E-state index contributed by atoms with van der Waals surface area (Å²) in [6.45, 7) is 4.63. The van der Waals surface area contributed by atoms with E-state index in [0.717, 1.165) is 12.2 Å². The fourth-order valence-electron chi connectivity index (χ4n) is 1.51. The predicted octanol–water partition coefficient (Wildman–Crippen LogP) is 1.21. The standard InChI is InChI=1S/C11H17N3O/c1-11(2,9-5-6-13-14-9)10(15)12-7-8-3-4-8/h5-6,8H,3-4,7H2,1-2H3,(H,12,15)(H,13,14). The molecule has 15 heavy (non-hydrogen) atoms. The molecule has 0 spiro atoms. The van der Waals surface area contributed by atoms with Crippen molar-refractivity contribution in [2.75, 3.05) is 6.54 Å². The van der Waals surface area contributed by atoms with Crippen molar-refractivity contribution in [3.05, 3.63) is 18.0 Å². The zero-order valence-corrected chi connectivity index (χ0v) is 9.21. The molecular formula is C11H17N3O. The quantitative estimate of drug-likeness (QED) is 0.779. The van der Waals surface area contributed by atoms with Gasteiger partial charge in [-0.15, -0.1) is 0 Å². The average Bonchev–Trinajstić information content (AvgIpc) is 2.85. The Hall–Kier alpha value is -1.32. The molecular weight excluding hydrogens is 190 g/mol. The number of aromatic nitrogens is 2. The maximum atomic E-state index is 11.9. The maximum absolute atomic E-state index is 11.9. The van der Waals surface area contributed by atoms with Gasteiger partial charge in [0.05, 0.1) is 11.1 Å². The van der Waals surface area contributed by atoms with E-state index >= 15 is 0 Å². The lowest BCUT2D eigenvalue weighted by atomic mass is 9.88. The second-order valence-electron chi connectivity index (χ2n) is 4.75. The molecule has 1 aromatic rings. The number of aromatic amines is 1. The van der Waals surface area contributed by atoms with E-state index < -0.39 is 5.41 Å². The van der Waals surface area contributed by atoms with E-state index in [9.17, 15) is 4.79 Å². The van der Waals surface area contributed by atoms with Crippen molar-refractivity contribution in [1.82, 2.24) is 15.5 Å². The van der Waals surface area contributed by atoms with Gasteiger partial charge in [0.1, 0.15) is 0 Å². The van der Waals surface area contributed by atoms with Crippen LogP contribution >= 0.6 is 0 Å². The largest absolute Gasteiger partial charge is 0.355 e. The Morgan fingerprint density at radius 2 is 2.40 bits per heavy atom. The van der Waals surface area contributed by atoms with Crippen LogP contribution in [0.2, 0.25) is 0 Å². The van der Waals surface area contributed by atoms with Gasteiger partial charge in [-0.1, -0.05) is 0 Å². The van der Waals surface area contributed by atoms with Crippen LogP contribution in [0.4, 0.5) is 0 Å². The molecule has 0 unspecified atom stereocenters. The number of hydrogen-bond acceptors (Lipinski definition) is 2. The van der Waals surface area contributed by atoms with Crippen molar-refractivity contribution in [3.63, 3.8) is 0 Å². The highest BCUT2D eigenvalue weighted by atomic mass is 16.2. The lowest BCUT2D eigenvalue weighted by Crippen LogP contribution is -2.41. The number of H-pyrrole nitrogens is 1. The molecule has 1 aromatic heterocycles. The van der Waals surface area contributed by atoms with Crippen molar-refractivity contribution in [3.8, 4) is 0 Å². The molecule has 2 rings (SSSR count). The highest BCUT2D eigenvalue weighted by Crippen LogP contribution is 2.28. The van der Waals surface area contributed by atoms with Gasteiger partial charge in [-0.05, 0) is 38.7 Å². The highest BCUT2D eigenvalue weighted by molar-refractivity contribution is 5.86. The van der Waals surface area contributed by atoms with Crippen LogP contribution in [0.25, 0.3) is 0 Å². The lowest BCUT2D eigenvalue weighted by Gasteiger charge is -2.21. The Morgan fingerprint density at radius 1 is 1.67 bits per heavy atom. The van der Waals surface area contributed by atoms with E-state index in [1.54, 1.807) is 6.20 Å². The number of rotatable bonds is 4. The molecule has 82 valence electrons. The first kappa shape index (κ1) is 10.2. The first-order valence-corrected chi connectivity index (χ1v) is 5.39. The summed E-state index contributed by atoms with van der Waals surface area (Å²) in [4.78, 5) is 11.9. The van der Waals surface area contributed by atoms with Crippen LogP contribution in [0.5, 0.6) is 0 Å². The summed E-state index contributed by atoms with van der Waals surface area (Å²) in [6, 6.07) is 1.84. The third-order valence-electron chi connectivity index (χ3n) is 2.99. The molecule has 0 radical (unpaired) electrons. The van der Waals surface area contributed by atoms with Crippen molar-refractivity contribution in [2.24, 2.45) is 5.92 Å². The summed E-state index contributed by atoms with van der Waals surface area (Å²) < 4.78 is 0. The van der Waals surface area contributed by atoms with Gasteiger partial charge in [0.15, 0.2) is 0 Å². The third kappa shape index (κ3) is 2.19. The second kappa shape index (κ2) is 3.68. The number of carbonyl (C=O) groups excluding carboxylic acids is 1. The van der Waals surface area contributed by atoms with E-state index in [1.807, 2.05) is 19.9 Å². The van der Waals surface area contributed by atoms with E-state index in [-0.39, 0.29) is 5.91 Å². The van der Waals surface area contributed by atoms with Crippen LogP contribution in [0.1, 0.15) is 32.4 Å². The van der Waals surface area contributed by atoms with Gasteiger partial charge in [-0.2, -0.15) is 5.10 Å². The fraction of sp³-hybridized carbons (Fsp3) is 0.636. The molecule has 4 nitrogen and oxygen atoms in total. The maximum Gasteiger partial charge on any atom is 0.231 e. The molecule has 1 heterocycles. The van der Waals surface area contributed by atoms with E-state index in [0.29, 0.717) is 5.92 Å². The number of nitrogens with one attached hydrogen (secondary N) is 2. The molecule has 0 aromatic carbocycles. The van der Waals surface area contributed by atoms with Gasteiger partial charge < -0.3 is 5.32 Å². The topological polar surface area (TPSA) is 57.8 Å². The minimum Gasteiger partial charge on any atom is -0.355 e. The molecule has 1 aliphatic carbocycles. The highest BCUT2D eigenvalue weighted by Gasteiger charge is 2.32. The van der Waals surface area contributed by atoms with Crippen LogP contribution in [-0.4, -0.2) is 22.6 Å². The van der Waals surface area contributed by atoms with Gasteiger partial charge in [0.25, 0.3) is 0 Å². The van der Waals surface area contributed by atoms with Crippen molar-refractivity contribution in [1.29, 1.82) is 0 Å². The van der Waals surface area contributed by atoms with Gasteiger partial charge in [0.2, 0.25) is 5.91 Å². The second-order valence-corrected chi connectivity index (χ2v) is 4.75. The Bertz CT molecular complexity index is 339. The van der Waals surface area contributed by atoms with E-state index in [1.165, 1.54) is 12.8 Å². The monoisotopic (exact) mass is 207 g/mol. The van der Waals surface area contributed by atoms with Crippen LogP contribution in [-0.2, 0) is 10.2 Å². The molecule has 4 heteroatoms. The number of carbonyl (C=O) groups is 1. The summed E-state index contributed by atoms with van der Waals surface area (Å²) in [6.07, 6.45) is 4.18. The van der Waals surface area contributed by atoms with Crippen molar-refractivity contribution < 1.29 is 4.79 Å². The van der Waals surface area contributed by atoms with Crippen molar-refractivity contribution in [2.45, 2.75) is 32.1 Å². The zero-order chi connectivity index (χ0) is 10.9. The van der Waals surface area contributed by atoms with Crippen LogP contribution in [0.3, 0.4) is 0 Å². The summed E-state index contributed by atoms with van der Waals surface area (Å²) in [7, 11) is 0. The molecule has 1 fully saturated rings. The van der Waals surface area contributed by atoms with Crippen molar-refractivity contribution >= 4 is 5.91 Å². The number of nitrogens with zero attached hydrogens (tertiary/aromatic N) is 1. The van der Waals surface area contributed by atoms with Gasteiger partial charge in [-0.3, -0.25) is 9.89 Å². The van der Waals surface area contributed by atoms with E-state index in [2.05, 4.69) is 15.5 Å². The van der Waals surface area contributed by atoms with Gasteiger partial charge >= 0.3 is 0 Å². The molecule has 1 amide bonds. The molecule has 1 saturated carbocycles. The minimum absolute atomic E-state index is 0.0682. The van der Waals surface area contributed by atoms with Crippen LogP contribution in [0, 0.1) is 5.92 Å². The Labute approximate surface area is 89.5 Å². The Kier molecular flexibility index (Phi) is 2.50. The fourth-order valence-corrected chi connectivity index (χ4v) is 1.51. The van der Waals surface area contributed by atoms with E-state index in [4.69, 9.17) is 0 Å².